The third-order valence-electron chi connectivity index (χ3n) is 0.946. The summed E-state index contributed by atoms with van der Waals surface area (Å²) in [5, 5.41) is 0. The lowest BCUT2D eigenvalue weighted by Crippen LogP contribution is -1.81. The van der Waals surface area contributed by atoms with Gasteiger partial charge in [0.25, 0.3) is 0 Å². The first-order valence-electron chi connectivity index (χ1n) is 2.54. The number of pyridine rings is 1. The van der Waals surface area contributed by atoms with Gasteiger partial charge in [-0.15, -0.1) is 0 Å². The Balaban J connectivity index is 3.08. The van der Waals surface area contributed by atoms with Crippen molar-refractivity contribution in [3.8, 4) is 0 Å². The fourth-order valence-electron chi connectivity index (χ4n) is 0.599. The van der Waals surface area contributed by atoms with E-state index in [4.69, 9.17) is 0 Å². The molecular weight excluding hydrogens is 98.1 g/mol. The van der Waals surface area contributed by atoms with Gasteiger partial charge in [0.2, 0.25) is 0 Å². The Labute approximate surface area is 49.4 Å². The van der Waals surface area contributed by atoms with Crippen LogP contribution in [-0.2, 0) is 0 Å². The van der Waals surface area contributed by atoms with Gasteiger partial charge in [-0.3, -0.25) is 4.98 Å². The first-order chi connectivity index (χ1) is 3.79. The molecule has 0 unspecified atom stereocenters. The number of aryl methyl sites for hydroxylation is 1. The van der Waals surface area contributed by atoms with Crippen molar-refractivity contribution < 1.29 is 0 Å². The molecule has 0 saturated heterocycles. The molecule has 1 aromatic rings. The second-order valence-corrected chi connectivity index (χ2v) is 1.77. The van der Waals surface area contributed by atoms with Crippen molar-refractivity contribution >= 4 is 0 Å². The molecule has 0 saturated carbocycles. The zero-order chi connectivity index (χ0) is 5.98. The molecule has 1 rings (SSSR count). The summed E-state index contributed by atoms with van der Waals surface area (Å²) in [7, 11) is 0. The van der Waals surface area contributed by atoms with E-state index in [1.54, 1.807) is 0 Å². The van der Waals surface area contributed by atoms with E-state index in [2.05, 4.69) is 11.9 Å². The Morgan fingerprint density at radius 1 is 1.50 bits per heavy atom. The molecule has 0 amide bonds. The van der Waals surface area contributed by atoms with Crippen LogP contribution in [0.1, 0.15) is 11.4 Å². The normalized spacial score (nSPS) is 9.25. The minimum Gasteiger partial charge on any atom is -0.258 e. The summed E-state index contributed by atoms with van der Waals surface area (Å²) in [6.07, 6.45) is 0. The van der Waals surface area contributed by atoms with Crippen LogP contribution in [0.15, 0.2) is 18.2 Å². The van der Waals surface area contributed by atoms with Gasteiger partial charge < -0.3 is 0 Å². The first-order valence-corrected chi connectivity index (χ1v) is 2.54. The van der Waals surface area contributed by atoms with Gasteiger partial charge in [0, 0.05) is 11.4 Å². The Hall–Kier alpha value is -0.850. The second kappa shape index (κ2) is 1.95. The lowest BCUT2D eigenvalue weighted by molar-refractivity contribution is 1.16. The summed E-state index contributed by atoms with van der Waals surface area (Å²) in [4.78, 5) is 4.06. The van der Waals surface area contributed by atoms with Gasteiger partial charge in [0.1, 0.15) is 0 Å². The van der Waals surface area contributed by atoms with Crippen LogP contribution in [0.3, 0.4) is 0 Å². The summed E-state index contributed by atoms with van der Waals surface area (Å²) >= 11 is 0. The fourth-order valence-corrected chi connectivity index (χ4v) is 0.599. The summed E-state index contributed by atoms with van der Waals surface area (Å²) < 4.78 is 0. The Morgan fingerprint density at radius 2 is 2.25 bits per heavy atom. The average Bonchev–Trinajstić information content (AvgIpc) is 1.64. The van der Waals surface area contributed by atoms with Crippen LogP contribution in [0, 0.1) is 13.8 Å². The molecule has 0 aliphatic carbocycles. The van der Waals surface area contributed by atoms with Crippen molar-refractivity contribution in [1.82, 2.24) is 4.98 Å². The van der Waals surface area contributed by atoms with Gasteiger partial charge in [0.15, 0.2) is 0 Å². The lowest BCUT2D eigenvalue weighted by Gasteiger charge is -1.89. The SMILES string of the molecule is [CH2]c1cccc(C)n1. The van der Waals surface area contributed by atoms with E-state index in [0.717, 1.165) is 11.4 Å². The van der Waals surface area contributed by atoms with Gasteiger partial charge in [-0.1, -0.05) is 6.07 Å². The van der Waals surface area contributed by atoms with Crippen molar-refractivity contribution in [3.05, 3.63) is 36.5 Å². The van der Waals surface area contributed by atoms with Crippen molar-refractivity contribution in [2.24, 2.45) is 0 Å². The van der Waals surface area contributed by atoms with Crippen LogP contribution in [0.4, 0.5) is 0 Å². The number of hydrogen-bond donors (Lipinski definition) is 0. The number of aromatic nitrogens is 1. The van der Waals surface area contributed by atoms with Crippen molar-refractivity contribution in [1.29, 1.82) is 0 Å². The molecule has 1 nitrogen and oxygen atoms in total. The molecule has 0 fully saturated rings. The quantitative estimate of drug-likeness (QED) is 0.489. The predicted octanol–water partition coefficient (Wildman–Crippen LogP) is 1.57. The van der Waals surface area contributed by atoms with E-state index >= 15 is 0 Å². The smallest absolute Gasteiger partial charge is 0.0410 e. The van der Waals surface area contributed by atoms with E-state index in [9.17, 15) is 0 Å². The maximum atomic E-state index is 4.06. The van der Waals surface area contributed by atoms with E-state index in [0.29, 0.717) is 0 Å². The molecule has 0 bridgehead atoms. The van der Waals surface area contributed by atoms with Gasteiger partial charge in [0.05, 0.1) is 0 Å². The molecule has 0 atom stereocenters. The fraction of sp³-hybridized carbons (Fsp3) is 0.143. The second-order valence-electron chi connectivity index (χ2n) is 1.77. The molecule has 41 valence electrons. The molecule has 0 N–H and O–H groups in total. The maximum Gasteiger partial charge on any atom is 0.0410 e. The zero-order valence-electron chi connectivity index (χ0n) is 4.89. The van der Waals surface area contributed by atoms with E-state index in [-0.39, 0.29) is 0 Å². The van der Waals surface area contributed by atoms with Gasteiger partial charge in [-0.05, 0) is 26.0 Å². The Morgan fingerprint density at radius 3 is 2.62 bits per heavy atom. The minimum absolute atomic E-state index is 0.838. The predicted molar refractivity (Wildman–Crippen MR) is 33.4 cm³/mol. The van der Waals surface area contributed by atoms with Crippen molar-refractivity contribution in [2.45, 2.75) is 6.92 Å². The van der Waals surface area contributed by atoms with Crippen LogP contribution in [-0.4, -0.2) is 4.98 Å². The van der Waals surface area contributed by atoms with E-state index in [1.165, 1.54) is 0 Å². The molecule has 1 heterocycles. The number of rotatable bonds is 0. The van der Waals surface area contributed by atoms with Crippen LogP contribution >= 0.6 is 0 Å². The highest BCUT2D eigenvalue weighted by Crippen LogP contribution is 1.93. The molecule has 1 heteroatoms. The summed E-state index contributed by atoms with van der Waals surface area (Å²) in [6.45, 7) is 5.62. The highest BCUT2D eigenvalue weighted by atomic mass is 14.7. The van der Waals surface area contributed by atoms with E-state index < -0.39 is 0 Å². The monoisotopic (exact) mass is 106 g/mol. The van der Waals surface area contributed by atoms with Gasteiger partial charge >= 0.3 is 0 Å². The van der Waals surface area contributed by atoms with E-state index in [1.807, 2.05) is 25.1 Å². The topological polar surface area (TPSA) is 12.9 Å². The molecular formula is C7H8N. The number of nitrogens with zero attached hydrogens (tertiary/aromatic N) is 1. The Kier molecular flexibility index (Phi) is 1.29. The van der Waals surface area contributed by atoms with Crippen LogP contribution < -0.4 is 0 Å². The maximum absolute atomic E-state index is 4.06. The molecule has 1 aromatic heterocycles. The molecule has 0 aliphatic rings. The minimum atomic E-state index is 0.838. The lowest BCUT2D eigenvalue weighted by atomic mass is 10.3. The average molecular weight is 106 g/mol. The molecule has 1 radical (unpaired) electrons. The van der Waals surface area contributed by atoms with Crippen LogP contribution in [0.25, 0.3) is 0 Å². The Bertz CT molecular complexity index is 164. The highest BCUT2D eigenvalue weighted by molar-refractivity contribution is 5.11. The van der Waals surface area contributed by atoms with Gasteiger partial charge in [-0.25, -0.2) is 0 Å². The molecule has 0 aromatic carbocycles. The standard InChI is InChI=1S/C7H8N/c1-6-4-3-5-7(2)8-6/h3-5H,1H2,2H3. The first kappa shape index (κ1) is 5.29. The summed E-state index contributed by atoms with van der Waals surface area (Å²) in [5.74, 6) is 0. The summed E-state index contributed by atoms with van der Waals surface area (Å²) in [5.41, 5.74) is 1.86. The zero-order valence-corrected chi connectivity index (χ0v) is 4.89. The third kappa shape index (κ3) is 1.06. The molecule has 8 heavy (non-hydrogen) atoms. The molecule has 0 aliphatic heterocycles. The highest BCUT2D eigenvalue weighted by Gasteiger charge is 1.82. The van der Waals surface area contributed by atoms with Crippen molar-refractivity contribution in [3.63, 3.8) is 0 Å². The number of hydrogen-bond acceptors (Lipinski definition) is 1. The van der Waals surface area contributed by atoms with Gasteiger partial charge in [-0.2, -0.15) is 0 Å². The van der Waals surface area contributed by atoms with Crippen LogP contribution in [0.5, 0.6) is 0 Å². The molecule has 0 spiro atoms. The third-order valence-corrected chi connectivity index (χ3v) is 0.946. The summed E-state index contributed by atoms with van der Waals surface area (Å²) in [6, 6.07) is 5.78. The van der Waals surface area contributed by atoms with Crippen LogP contribution in [0.2, 0.25) is 0 Å². The largest absolute Gasteiger partial charge is 0.258 e. The van der Waals surface area contributed by atoms with Crippen molar-refractivity contribution in [2.75, 3.05) is 0 Å².